The van der Waals surface area contributed by atoms with E-state index in [0.29, 0.717) is 29.4 Å². The Balaban J connectivity index is 1.51. The molecule has 4 rings (SSSR count). The first-order valence-electron chi connectivity index (χ1n) is 11.3. The molecule has 184 valence electrons. The minimum atomic E-state index is -3.97. The summed E-state index contributed by atoms with van der Waals surface area (Å²) in [5.41, 5.74) is 2.34. The van der Waals surface area contributed by atoms with Crippen LogP contribution in [-0.4, -0.2) is 33.8 Å². The zero-order chi connectivity index (χ0) is 24.8. The number of amides is 1. The van der Waals surface area contributed by atoms with Gasteiger partial charge in [0.15, 0.2) is 11.5 Å². The molecule has 1 amide bonds. The lowest BCUT2D eigenvalue weighted by molar-refractivity contribution is -0.122. The Morgan fingerprint density at radius 3 is 2.51 bits per heavy atom. The third kappa shape index (κ3) is 6.12. The zero-order valence-corrected chi connectivity index (χ0v) is 20.4. The predicted molar refractivity (Wildman–Crippen MR) is 131 cm³/mol. The van der Waals surface area contributed by atoms with Crippen molar-refractivity contribution in [1.82, 2.24) is 10.0 Å². The Morgan fingerprint density at radius 1 is 1.00 bits per heavy atom. The summed E-state index contributed by atoms with van der Waals surface area (Å²) in [6.45, 7) is 4.50. The van der Waals surface area contributed by atoms with Crippen LogP contribution in [0.25, 0.3) is 0 Å². The second-order valence-electron chi connectivity index (χ2n) is 8.13. The molecule has 1 atom stereocenters. The van der Waals surface area contributed by atoms with Crippen molar-refractivity contribution in [3.63, 3.8) is 0 Å². The fraction of sp³-hybridized carbons (Fsp3) is 0.269. The number of hydrogen-bond donors (Lipinski definition) is 2. The highest BCUT2D eigenvalue weighted by atomic mass is 32.2. The largest absolute Gasteiger partial charge is 0.494 e. The van der Waals surface area contributed by atoms with Crippen LogP contribution in [0.1, 0.15) is 23.6 Å². The topological polar surface area (TPSA) is 103 Å². The summed E-state index contributed by atoms with van der Waals surface area (Å²) in [5, 5.41) is 2.84. The van der Waals surface area contributed by atoms with Crippen LogP contribution < -0.4 is 24.2 Å². The minimum absolute atomic E-state index is 0.0695. The Hall–Kier alpha value is -3.56. The standard InChI is InChI=1S/C26H28N2O6S/c1-3-32-23-12-10-21(13-18(23)2)35(30,31)28-22(14-19-7-5-4-6-8-19)26(29)27-16-20-9-11-24-25(15-20)34-17-33-24/h4-13,15,22,28H,3,14,16-17H2,1-2H3,(H,27,29). The highest BCUT2D eigenvalue weighted by Gasteiger charge is 2.26. The van der Waals surface area contributed by atoms with Crippen molar-refractivity contribution < 1.29 is 27.4 Å². The number of carbonyl (C=O) groups excluding carboxylic acids is 1. The molecule has 35 heavy (non-hydrogen) atoms. The monoisotopic (exact) mass is 496 g/mol. The first kappa shape index (κ1) is 24.6. The van der Waals surface area contributed by atoms with Gasteiger partial charge in [-0.05, 0) is 67.3 Å². The summed E-state index contributed by atoms with van der Waals surface area (Å²) >= 11 is 0. The van der Waals surface area contributed by atoms with Gasteiger partial charge < -0.3 is 19.5 Å². The van der Waals surface area contributed by atoms with Gasteiger partial charge in [-0.25, -0.2) is 8.42 Å². The molecular weight excluding hydrogens is 468 g/mol. The van der Waals surface area contributed by atoms with Crippen LogP contribution in [0.3, 0.4) is 0 Å². The van der Waals surface area contributed by atoms with E-state index >= 15 is 0 Å². The Kier molecular flexibility index (Phi) is 7.57. The van der Waals surface area contributed by atoms with Gasteiger partial charge in [-0.3, -0.25) is 4.79 Å². The van der Waals surface area contributed by atoms with Crippen LogP contribution in [0.2, 0.25) is 0 Å². The van der Waals surface area contributed by atoms with Crippen molar-refractivity contribution in [2.75, 3.05) is 13.4 Å². The SMILES string of the molecule is CCOc1ccc(S(=O)(=O)NC(Cc2ccccc2)C(=O)NCc2ccc3c(c2)OCO3)cc1C. The van der Waals surface area contributed by atoms with E-state index in [1.807, 2.05) is 43.3 Å². The number of sulfonamides is 1. The molecule has 0 fully saturated rings. The van der Waals surface area contributed by atoms with Crippen LogP contribution in [0.5, 0.6) is 17.2 Å². The fourth-order valence-corrected chi connectivity index (χ4v) is 5.04. The van der Waals surface area contributed by atoms with Gasteiger partial charge in [-0.1, -0.05) is 36.4 Å². The molecule has 0 saturated heterocycles. The lowest BCUT2D eigenvalue weighted by Gasteiger charge is -2.19. The maximum Gasteiger partial charge on any atom is 0.241 e. The summed E-state index contributed by atoms with van der Waals surface area (Å²) in [6, 6.07) is 18.3. The van der Waals surface area contributed by atoms with E-state index in [-0.39, 0.29) is 24.7 Å². The normalized spacial score (nSPS) is 13.3. The smallest absolute Gasteiger partial charge is 0.241 e. The molecule has 0 radical (unpaired) electrons. The summed E-state index contributed by atoms with van der Waals surface area (Å²) in [5.74, 6) is 1.45. The van der Waals surface area contributed by atoms with Gasteiger partial charge in [0.2, 0.25) is 22.7 Å². The van der Waals surface area contributed by atoms with E-state index in [0.717, 1.165) is 11.1 Å². The van der Waals surface area contributed by atoms with E-state index in [2.05, 4.69) is 10.0 Å². The van der Waals surface area contributed by atoms with Crippen LogP contribution in [0.15, 0.2) is 71.6 Å². The molecule has 1 aliphatic heterocycles. The van der Waals surface area contributed by atoms with Crippen molar-refractivity contribution in [1.29, 1.82) is 0 Å². The third-order valence-corrected chi connectivity index (χ3v) is 7.03. The highest BCUT2D eigenvalue weighted by molar-refractivity contribution is 7.89. The zero-order valence-electron chi connectivity index (χ0n) is 19.6. The molecule has 3 aromatic rings. The molecule has 1 unspecified atom stereocenters. The Bertz CT molecular complexity index is 1290. The molecule has 0 aliphatic carbocycles. The predicted octanol–water partition coefficient (Wildman–Crippen LogP) is 3.33. The molecule has 1 heterocycles. The number of hydrogen-bond acceptors (Lipinski definition) is 6. The molecule has 1 aliphatic rings. The quantitative estimate of drug-likeness (QED) is 0.446. The molecule has 0 bridgehead atoms. The van der Waals surface area contributed by atoms with Gasteiger partial charge in [-0.15, -0.1) is 0 Å². The molecule has 8 nitrogen and oxygen atoms in total. The Labute approximate surface area is 205 Å². The molecule has 0 spiro atoms. The molecule has 3 aromatic carbocycles. The molecular formula is C26H28N2O6S. The fourth-order valence-electron chi connectivity index (χ4n) is 3.76. The van der Waals surface area contributed by atoms with E-state index in [9.17, 15) is 13.2 Å². The van der Waals surface area contributed by atoms with Crippen molar-refractivity contribution in [3.8, 4) is 17.2 Å². The van der Waals surface area contributed by atoms with Crippen molar-refractivity contribution >= 4 is 15.9 Å². The third-order valence-electron chi connectivity index (χ3n) is 5.56. The maximum atomic E-state index is 13.2. The minimum Gasteiger partial charge on any atom is -0.494 e. The number of nitrogens with one attached hydrogen (secondary N) is 2. The molecule has 9 heteroatoms. The van der Waals surface area contributed by atoms with Gasteiger partial charge in [0.25, 0.3) is 0 Å². The summed E-state index contributed by atoms with van der Waals surface area (Å²) in [6.07, 6.45) is 0.197. The number of aryl methyl sites for hydroxylation is 1. The van der Waals surface area contributed by atoms with Gasteiger partial charge in [0, 0.05) is 6.54 Å². The molecule has 0 saturated carbocycles. The number of ether oxygens (including phenoxy) is 3. The number of carbonyl (C=O) groups is 1. The first-order chi connectivity index (χ1) is 16.9. The lowest BCUT2D eigenvalue weighted by atomic mass is 10.1. The van der Waals surface area contributed by atoms with Crippen LogP contribution in [0, 0.1) is 6.92 Å². The highest BCUT2D eigenvalue weighted by Crippen LogP contribution is 2.32. The summed E-state index contributed by atoms with van der Waals surface area (Å²) in [4.78, 5) is 13.2. The van der Waals surface area contributed by atoms with Crippen molar-refractivity contribution in [3.05, 3.63) is 83.4 Å². The number of benzene rings is 3. The van der Waals surface area contributed by atoms with Crippen molar-refractivity contribution in [2.45, 2.75) is 37.8 Å². The van der Waals surface area contributed by atoms with Gasteiger partial charge >= 0.3 is 0 Å². The van der Waals surface area contributed by atoms with E-state index in [1.165, 1.54) is 12.1 Å². The number of rotatable bonds is 10. The van der Waals surface area contributed by atoms with Crippen molar-refractivity contribution in [2.24, 2.45) is 0 Å². The molecule has 0 aromatic heterocycles. The van der Waals surface area contributed by atoms with E-state index < -0.39 is 22.0 Å². The van der Waals surface area contributed by atoms with Crippen LogP contribution in [-0.2, 0) is 27.8 Å². The second-order valence-corrected chi connectivity index (χ2v) is 9.84. The summed E-state index contributed by atoms with van der Waals surface area (Å²) in [7, 11) is -3.97. The average Bonchev–Trinajstić information content (AvgIpc) is 3.32. The first-order valence-corrected chi connectivity index (χ1v) is 12.8. The van der Waals surface area contributed by atoms with Crippen LogP contribution in [0.4, 0.5) is 0 Å². The second kappa shape index (κ2) is 10.8. The average molecular weight is 497 g/mol. The van der Waals surface area contributed by atoms with E-state index in [1.54, 1.807) is 25.1 Å². The van der Waals surface area contributed by atoms with Gasteiger partial charge in [0.05, 0.1) is 11.5 Å². The molecule has 2 N–H and O–H groups in total. The van der Waals surface area contributed by atoms with Gasteiger partial charge in [-0.2, -0.15) is 4.72 Å². The number of fused-ring (bicyclic) bond motifs is 1. The van der Waals surface area contributed by atoms with Crippen LogP contribution >= 0.6 is 0 Å². The Morgan fingerprint density at radius 2 is 1.77 bits per heavy atom. The lowest BCUT2D eigenvalue weighted by Crippen LogP contribution is -2.47. The summed E-state index contributed by atoms with van der Waals surface area (Å²) < 4.78 is 45.2. The van der Waals surface area contributed by atoms with E-state index in [4.69, 9.17) is 14.2 Å². The maximum absolute atomic E-state index is 13.2. The van der Waals surface area contributed by atoms with Gasteiger partial charge in [0.1, 0.15) is 11.8 Å².